The maximum atomic E-state index is 9.47. The van der Waals surface area contributed by atoms with E-state index in [-0.39, 0.29) is 0 Å². The third-order valence-electron chi connectivity index (χ3n) is 1.57. The summed E-state index contributed by atoms with van der Waals surface area (Å²) in [5.41, 5.74) is 1.95. The third-order valence-corrected chi connectivity index (χ3v) is 2.32. The van der Waals surface area contributed by atoms with E-state index in [1.807, 2.05) is 13.0 Å². The van der Waals surface area contributed by atoms with Crippen LogP contribution < -0.4 is 0 Å². The van der Waals surface area contributed by atoms with Gasteiger partial charge in [-0.2, -0.15) is 0 Å². The molecule has 0 radical (unpaired) electrons. The van der Waals surface area contributed by atoms with Crippen molar-refractivity contribution < 1.29 is 5.11 Å². The predicted octanol–water partition coefficient (Wildman–Crippen LogP) is 3.27. The highest BCUT2D eigenvalue weighted by atomic mass is 79.9. The van der Waals surface area contributed by atoms with Crippen molar-refractivity contribution in [2.45, 2.75) is 13.3 Å². The van der Waals surface area contributed by atoms with Crippen LogP contribution in [0.1, 0.15) is 12.5 Å². The lowest BCUT2D eigenvalue weighted by Crippen LogP contribution is -1.87. The highest BCUT2D eigenvalue weighted by Gasteiger charge is 2.04. The van der Waals surface area contributed by atoms with Gasteiger partial charge in [0.05, 0.1) is 0 Å². The van der Waals surface area contributed by atoms with Crippen LogP contribution in [-0.2, 0) is 6.42 Å². The Balaban J connectivity index is 3.04. The SMILES string of the molecule is C=C(C)Cc1c(O)cccc1Br. The Hall–Kier alpha value is -0.760. The van der Waals surface area contributed by atoms with Crippen molar-refractivity contribution in [3.05, 3.63) is 40.4 Å². The van der Waals surface area contributed by atoms with Gasteiger partial charge in [-0.25, -0.2) is 0 Å². The normalized spacial score (nSPS) is 9.83. The first-order chi connectivity index (χ1) is 5.61. The van der Waals surface area contributed by atoms with E-state index in [4.69, 9.17) is 0 Å². The van der Waals surface area contributed by atoms with Gasteiger partial charge in [-0.3, -0.25) is 0 Å². The summed E-state index contributed by atoms with van der Waals surface area (Å²) in [6, 6.07) is 5.41. The molecule has 0 aliphatic carbocycles. The minimum absolute atomic E-state index is 0.326. The molecule has 0 spiro atoms. The zero-order valence-corrected chi connectivity index (χ0v) is 8.56. The molecular formula is C10H11BrO. The minimum atomic E-state index is 0.326. The Bertz CT molecular complexity index is 284. The summed E-state index contributed by atoms with van der Waals surface area (Å²) in [4.78, 5) is 0. The first kappa shape index (κ1) is 9.33. The van der Waals surface area contributed by atoms with Crippen LogP contribution in [0.4, 0.5) is 0 Å². The van der Waals surface area contributed by atoms with Crippen LogP contribution in [0, 0.1) is 0 Å². The van der Waals surface area contributed by atoms with Gasteiger partial charge in [-0.05, 0) is 25.5 Å². The third kappa shape index (κ3) is 2.11. The van der Waals surface area contributed by atoms with Crippen LogP contribution in [0.3, 0.4) is 0 Å². The number of benzene rings is 1. The summed E-state index contributed by atoms with van der Waals surface area (Å²) in [5.74, 6) is 0.326. The van der Waals surface area contributed by atoms with Gasteiger partial charge in [0.1, 0.15) is 5.75 Å². The quantitative estimate of drug-likeness (QED) is 0.768. The van der Waals surface area contributed by atoms with E-state index in [2.05, 4.69) is 22.5 Å². The first-order valence-electron chi connectivity index (χ1n) is 3.72. The van der Waals surface area contributed by atoms with Crippen molar-refractivity contribution in [2.75, 3.05) is 0 Å². The number of halogens is 1. The molecule has 0 saturated heterocycles. The molecule has 1 nitrogen and oxygen atoms in total. The minimum Gasteiger partial charge on any atom is -0.508 e. The summed E-state index contributed by atoms with van der Waals surface area (Å²) in [7, 11) is 0. The van der Waals surface area contributed by atoms with E-state index in [0.29, 0.717) is 12.2 Å². The molecule has 0 heterocycles. The Morgan fingerprint density at radius 2 is 2.25 bits per heavy atom. The summed E-state index contributed by atoms with van der Waals surface area (Å²) < 4.78 is 0.936. The summed E-state index contributed by atoms with van der Waals surface area (Å²) in [6.07, 6.45) is 0.716. The van der Waals surface area contributed by atoms with E-state index in [1.165, 1.54) is 0 Å². The van der Waals surface area contributed by atoms with Crippen molar-refractivity contribution in [1.82, 2.24) is 0 Å². The molecular weight excluding hydrogens is 216 g/mol. The van der Waals surface area contributed by atoms with Crippen molar-refractivity contribution in [1.29, 1.82) is 0 Å². The van der Waals surface area contributed by atoms with E-state index in [1.54, 1.807) is 12.1 Å². The molecule has 1 N–H and O–H groups in total. The molecule has 64 valence electrons. The van der Waals surface area contributed by atoms with Gasteiger partial charge in [0.2, 0.25) is 0 Å². The van der Waals surface area contributed by atoms with Gasteiger partial charge in [-0.1, -0.05) is 34.1 Å². The number of phenols is 1. The Morgan fingerprint density at radius 1 is 1.58 bits per heavy atom. The summed E-state index contributed by atoms with van der Waals surface area (Å²) >= 11 is 3.37. The maximum absolute atomic E-state index is 9.47. The van der Waals surface area contributed by atoms with Crippen molar-refractivity contribution >= 4 is 15.9 Å². The Labute approximate surface area is 80.9 Å². The number of hydrogen-bond acceptors (Lipinski definition) is 1. The molecule has 0 aliphatic heterocycles. The number of phenolic OH excluding ortho intramolecular Hbond substituents is 1. The van der Waals surface area contributed by atoms with E-state index >= 15 is 0 Å². The van der Waals surface area contributed by atoms with Gasteiger partial charge in [0.15, 0.2) is 0 Å². The van der Waals surface area contributed by atoms with Gasteiger partial charge in [0, 0.05) is 10.0 Å². The molecule has 0 atom stereocenters. The zero-order chi connectivity index (χ0) is 9.14. The molecule has 0 unspecified atom stereocenters. The lowest BCUT2D eigenvalue weighted by Gasteiger charge is -2.05. The van der Waals surface area contributed by atoms with Crippen LogP contribution in [0.2, 0.25) is 0 Å². The van der Waals surface area contributed by atoms with Crippen LogP contribution >= 0.6 is 15.9 Å². The second-order valence-electron chi connectivity index (χ2n) is 2.87. The Kier molecular flexibility index (Phi) is 2.93. The summed E-state index contributed by atoms with van der Waals surface area (Å²) in [5, 5.41) is 9.47. The van der Waals surface area contributed by atoms with E-state index in [0.717, 1.165) is 15.6 Å². The molecule has 0 bridgehead atoms. The molecule has 1 rings (SSSR count). The van der Waals surface area contributed by atoms with Crippen LogP contribution in [0.25, 0.3) is 0 Å². The first-order valence-corrected chi connectivity index (χ1v) is 4.51. The largest absolute Gasteiger partial charge is 0.508 e. The average Bonchev–Trinajstić information content (AvgIpc) is 1.97. The second-order valence-corrected chi connectivity index (χ2v) is 3.73. The number of rotatable bonds is 2. The van der Waals surface area contributed by atoms with Crippen molar-refractivity contribution in [2.24, 2.45) is 0 Å². The topological polar surface area (TPSA) is 20.2 Å². The van der Waals surface area contributed by atoms with E-state index in [9.17, 15) is 5.11 Å². The molecule has 1 aromatic carbocycles. The predicted molar refractivity (Wildman–Crippen MR) is 54.3 cm³/mol. The molecule has 2 heteroatoms. The summed E-state index contributed by atoms with van der Waals surface area (Å²) in [6.45, 7) is 5.74. The van der Waals surface area contributed by atoms with Gasteiger partial charge >= 0.3 is 0 Å². The van der Waals surface area contributed by atoms with Crippen LogP contribution in [0.5, 0.6) is 5.75 Å². The Morgan fingerprint density at radius 3 is 2.75 bits per heavy atom. The molecule has 0 aromatic heterocycles. The fourth-order valence-electron chi connectivity index (χ4n) is 1.02. The highest BCUT2D eigenvalue weighted by Crippen LogP contribution is 2.27. The smallest absolute Gasteiger partial charge is 0.120 e. The van der Waals surface area contributed by atoms with Gasteiger partial charge in [0.25, 0.3) is 0 Å². The van der Waals surface area contributed by atoms with Gasteiger partial charge < -0.3 is 5.11 Å². The number of aromatic hydroxyl groups is 1. The van der Waals surface area contributed by atoms with E-state index < -0.39 is 0 Å². The number of allylic oxidation sites excluding steroid dienone is 1. The lowest BCUT2D eigenvalue weighted by atomic mass is 10.1. The monoisotopic (exact) mass is 226 g/mol. The lowest BCUT2D eigenvalue weighted by molar-refractivity contribution is 0.469. The zero-order valence-electron chi connectivity index (χ0n) is 6.97. The van der Waals surface area contributed by atoms with Crippen LogP contribution in [0.15, 0.2) is 34.8 Å². The maximum Gasteiger partial charge on any atom is 0.120 e. The number of hydrogen-bond donors (Lipinski definition) is 1. The molecule has 1 aromatic rings. The highest BCUT2D eigenvalue weighted by molar-refractivity contribution is 9.10. The van der Waals surface area contributed by atoms with Crippen molar-refractivity contribution in [3.63, 3.8) is 0 Å². The van der Waals surface area contributed by atoms with Gasteiger partial charge in [-0.15, -0.1) is 0 Å². The van der Waals surface area contributed by atoms with Crippen molar-refractivity contribution in [3.8, 4) is 5.75 Å². The molecule has 0 amide bonds. The fourth-order valence-corrected chi connectivity index (χ4v) is 1.52. The molecule has 0 fully saturated rings. The molecule has 12 heavy (non-hydrogen) atoms. The fraction of sp³-hybridized carbons (Fsp3) is 0.200. The second kappa shape index (κ2) is 3.76. The average molecular weight is 227 g/mol. The molecule has 0 aliphatic rings. The van der Waals surface area contributed by atoms with Crippen LogP contribution in [-0.4, -0.2) is 5.11 Å². The standard InChI is InChI=1S/C10H11BrO/c1-7(2)6-8-9(11)4-3-5-10(8)12/h3-5,12H,1,6H2,2H3. The molecule has 0 saturated carbocycles.